The fourth-order valence-corrected chi connectivity index (χ4v) is 3.21. The summed E-state index contributed by atoms with van der Waals surface area (Å²) in [6, 6.07) is 1.39. The van der Waals surface area contributed by atoms with Gasteiger partial charge in [0, 0.05) is 12.1 Å². The number of halogens is 1. The molecular formula is C12H18ClN3O. The Morgan fingerprint density at radius 2 is 2.06 bits per heavy atom. The highest BCUT2D eigenvalue weighted by Gasteiger charge is 2.39. The molecule has 2 fully saturated rings. The molecule has 0 amide bonds. The molecule has 0 saturated carbocycles. The van der Waals surface area contributed by atoms with Gasteiger partial charge < -0.3 is 4.90 Å². The van der Waals surface area contributed by atoms with E-state index in [-0.39, 0.29) is 0 Å². The summed E-state index contributed by atoms with van der Waals surface area (Å²) in [6.45, 7) is 0. The molecule has 0 aromatic heterocycles. The number of hydrogen-bond donors (Lipinski definition) is 1. The van der Waals surface area contributed by atoms with Gasteiger partial charge in [-0.25, -0.2) is 0 Å². The first-order valence-electron chi connectivity index (χ1n) is 6.21. The van der Waals surface area contributed by atoms with Gasteiger partial charge in [0.1, 0.15) is 5.16 Å². The average molecular weight is 256 g/mol. The summed E-state index contributed by atoms with van der Waals surface area (Å²) in [5.74, 6) is 0. The van der Waals surface area contributed by atoms with E-state index in [1.54, 1.807) is 11.2 Å². The lowest BCUT2D eigenvalue weighted by molar-refractivity contribution is -0.205. The van der Waals surface area contributed by atoms with Crippen LogP contribution in [-0.4, -0.2) is 35.3 Å². The highest BCUT2D eigenvalue weighted by atomic mass is 35.5. The van der Waals surface area contributed by atoms with Crippen molar-refractivity contribution in [2.75, 3.05) is 7.05 Å². The van der Waals surface area contributed by atoms with Crippen LogP contribution >= 0.6 is 11.6 Å². The van der Waals surface area contributed by atoms with Crippen LogP contribution < -0.4 is 5.43 Å². The second-order valence-electron chi connectivity index (χ2n) is 5.04. The van der Waals surface area contributed by atoms with E-state index in [1.165, 1.54) is 12.8 Å². The number of hydroxylamine groups is 1. The molecule has 3 atom stereocenters. The Hall–Kier alpha value is -0.710. The van der Waals surface area contributed by atoms with Gasteiger partial charge in [-0.2, -0.15) is 5.17 Å². The molecule has 2 bridgehead atoms. The van der Waals surface area contributed by atoms with Crippen LogP contribution in [0.5, 0.6) is 0 Å². The normalized spacial score (nSPS) is 36.9. The van der Waals surface area contributed by atoms with Crippen LogP contribution in [0.1, 0.15) is 25.7 Å². The molecule has 0 aromatic rings. The Morgan fingerprint density at radius 3 is 2.71 bits per heavy atom. The summed E-state index contributed by atoms with van der Waals surface area (Å²) in [5, 5.41) is 2.21. The molecule has 0 spiro atoms. The Balaban J connectivity index is 1.57. The lowest BCUT2D eigenvalue weighted by Crippen LogP contribution is -2.46. The lowest BCUT2D eigenvalue weighted by Gasteiger charge is -2.37. The second kappa shape index (κ2) is 4.52. The van der Waals surface area contributed by atoms with E-state index in [1.807, 2.05) is 12.3 Å². The maximum atomic E-state index is 5.92. The van der Waals surface area contributed by atoms with Gasteiger partial charge in [-0.1, -0.05) is 11.6 Å². The number of hydrogen-bond acceptors (Lipinski definition) is 4. The highest BCUT2D eigenvalue weighted by Crippen LogP contribution is 2.35. The molecule has 3 aliphatic heterocycles. The molecule has 17 heavy (non-hydrogen) atoms. The number of fused-ring (bicyclic) bond motifs is 2. The lowest BCUT2D eigenvalue weighted by atomic mass is 10.0. The minimum Gasteiger partial charge on any atom is -0.300 e. The van der Waals surface area contributed by atoms with Crippen molar-refractivity contribution in [3.8, 4) is 0 Å². The quantitative estimate of drug-likeness (QED) is 0.764. The summed E-state index contributed by atoms with van der Waals surface area (Å²) >= 11 is 5.89. The van der Waals surface area contributed by atoms with Gasteiger partial charge in [0.2, 0.25) is 0 Å². The van der Waals surface area contributed by atoms with E-state index < -0.39 is 0 Å². The standard InChI is InChI=1S/C12H18ClN3O/c1-15-9-4-5-10(15)8-11(7-9)17-16-6-2-3-12(13)14-16/h2-3,6,9-11,14H,4-5,7-8H2,1H3/t9-,10+,11+. The first-order valence-corrected chi connectivity index (χ1v) is 6.59. The zero-order chi connectivity index (χ0) is 11.8. The molecule has 5 heteroatoms. The summed E-state index contributed by atoms with van der Waals surface area (Å²) in [6.07, 6.45) is 10.7. The summed E-state index contributed by atoms with van der Waals surface area (Å²) < 4.78 is 0. The van der Waals surface area contributed by atoms with E-state index >= 15 is 0 Å². The van der Waals surface area contributed by atoms with Gasteiger partial charge in [0.25, 0.3) is 0 Å². The van der Waals surface area contributed by atoms with E-state index in [0.717, 1.165) is 12.8 Å². The van der Waals surface area contributed by atoms with Crippen molar-refractivity contribution in [2.45, 2.75) is 43.9 Å². The van der Waals surface area contributed by atoms with E-state index in [2.05, 4.69) is 17.4 Å². The molecule has 0 unspecified atom stereocenters. The van der Waals surface area contributed by atoms with Crippen molar-refractivity contribution in [1.82, 2.24) is 15.5 Å². The van der Waals surface area contributed by atoms with Crippen LogP contribution in [0.2, 0.25) is 0 Å². The Kier molecular flexibility index (Phi) is 3.03. The van der Waals surface area contributed by atoms with Crippen LogP contribution in [0.3, 0.4) is 0 Å². The number of nitrogens with one attached hydrogen (secondary N) is 1. The molecule has 1 N–H and O–H groups in total. The predicted molar refractivity (Wildman–Crippen MR) is 66.7 cm³/mol. The summed E-state index contributed by atoms with van der Waals surface area (Å²) in [5.41, 5.74) is 2.96. The van der Waals surface area contributed by atoms with Crippen molar-refractivity contribution < 1.29 is 4.84 Å². The van der Waals surface area contributed by atoms with Gasteiger partial charge in [-0.3, -0.25) is 10.3 Å². The van der Waals surface area contributed by atoms with Crippen LogP contribution in [0.4, 0.5) is 0 Å². The SMILES string of the molecule is CN1[C@@H]2CC[C@H]1C[C@@H](ON1C=CC=C(Cl)N1)C2. The molecular weight excluding hydrogens is 238 g/mol. The monoisotopic (exact) mass is 255 g/mol. The van der Waals surface area contributed by atoms with Crippen LogP contribution in [0.15, 0.2) is 23.5 Å². The third-order valence-corrected chi connectivity index (χ3v) is 4.21. The first-order chi connectivity index (χ1) is 8.22. The Labute approximate surface area is 107 Å². The Bertz CT molecular complexity index is 344. The zero-order valence-electron chi connectivity index (χ0n) is 9.97. The van der Waals surface area contributed by atoms with Gasteiger partial charge >= 0.3 is 0 Å². The van der Waals surface area contributed by atoms with E-state index in [9.17, 15) is 0 Å². The number of nitrogens with zero attached hydrogens (tertiary/aromatic N) is 2. The molecule has 3 heterocycles. The van der Waals surface area contributed by atoms with Crippen molar-refractivity contribution in [1.29, 1.82) is 0 Å². The van der Waals surface area contributed by atoms with Crippen LogP contribution in [-0.2, 0) is 4.84 Å². The maximum Gasteiger partial charge on any atom is 0.122 e. The highest BCUT2D eigenvalue weighted by molar-refractivity contribution is 6.29. The fraction of sp³-hybridized carbons (Fsp3) is 0.667. The number of piperidine rings is 1. The molecule has 3 aliphatic rings. The molecule has 94 valence electrons. The summed E-state index contributed by atoms with van der Waals surface area (Å²) in [4.78, 5) is 8.42. The van der Waals surface area contributed by atoms with Crippen LogP contribution in [0.25, 0.3) is 0 Å². The zero-order valence-corrected chi connectivity index (χ0v) is 10.7. The average Bonchev–Trinajstić information content (AvgIpc) is 2.52. The van der Waals surface area contributed by atoms with Crippen molar-refractivity contribution >= 4 is 11.6 Å². The maximum absolute atomic E-state index is 5.92. The topological polar surface area (TPSA) is 27.7 Å². The molecule has 4 nitrogen and oxygen atoms in total. The summed E-state index contributed by atoms with van der Waals surface area (Å²) in [7, 11) is 2.23. The largest absolute Gasteiger partial charge is 0.300 e. The fourth-order valence-electron chi connectivity index (χ4n) is 3.06. The van der Waals surface area contributed by atoms with Gasteiger partial charge in [0.05, 0.1) is 12.3 Å². The molecule has 2 saturated heterocycles. The molecule has 0 radical (unpaired) electrons. The number of allylic oxidation sites excluding steroid dienone is 2. The van der Waals surface area contributed by atoms with Gasteiger partial charge in [-0.05, 0) is 44.9 Å². The smallest absolute Gasteiger partial charge is 0.122 e. The minimum absolute atomic E-state index is 0.295. The third-order valence-electron chi connectivity index (χ3n) is 4.00. The molecule has 0 aliphatic carbocycles. The minimum atomic E-state index is 0.295. The second-order valence-corrected chi connectivity index (χ2v) is 5.45. The van der Waals surface area contributed by atoms with Crippen molar-refractivity contribution in [3.63, 3.8) is 0 Å². The van der Waals surface area contributed by atoms with E-state index in [4.69, 9.17) is 16.4 Å². The van der Waals surface area contributed by atoms with Crippen molar-refractivity contribution in [3.05, 3.63) is 23.5 Å². The Morgan fingerprint density at radius 1 is 1.35 bits per heavy atom. The third kappa shape index (κ3) is 2.30. The van der Waals surface area contributed by atoms with E-state index in [0.29, 0.717) is 23.3 Å². The van der Waals surface area contributed by atoms with Gasteiger partial charge in [-0.15, -0.1) is 0 Å². The number of hydrazine groups is 1. The van der Waals surface area contributed by atoms with Crippen LogP contribution in [0, 0.1) is 0 Å². The number of rotatable bonds is 2. The van der Waals surface area contributed by atoms with Crippen molar-refractivity contribution in [2.24, 2.45) is 0 Å². The van der Waals surface area contributed by atoms with Gasteiger partial charge in [0.15, 0.2) is 0 Å². The molecule has 3 rings (SSSR count). The first kappa shape index (κ1) is 11.4. The molecule has 0 aromatic carbocycles. The predicted octanol–water partition coefficient (Wildman–Crippen LogP) is 1.96.